The van der Waals surface area contributed by atoms with Crippen LogP contribution in [0.3, 0.4) is 0 Å². The molecular formula is C15H15ClFN3O2S. The zero-order chi connectivity index (χ0) is 16.2. The van der Waals surface area contributed by atoms with Gasteiger partial charge in [-0.3, -0.25) is 15.0 Å². The van der Waals surface area contributed by atoms with Gasteiger partial charge in [0, 0.05) is 30.0 Å². The second-order valence-electron chi connectivity index (χ2n) is 5.11. The van der Waals surface area contributed by atoms with Gasteiger partial charge in [-0.25, -0.2) is 9.37 Å². The zero-order valence-corrected chi connectivity index (χ0v) is 13.8. The molecule has 0 spiro atoms. The number of thiazole rings is 1. The summed E-state index contributed by atoms with van der Waals surface area (Å²) in [7, 11) is 0. The summed E-state index contributed by atoms with van der Waals surface area (Å²) >= 11 is 7.00. The molecule has 2 aromatic rings. The van der Waals surface area contributed by atoms with Gasteiger partial charge in [0.15, 0.2) is 5.13 Å². The van der Waals surface area contributed by atoms with Gasteiger partial charge in [-0.15, -0.1) is 11.3 Å². The maximum Gasteiger partial charge on any atom is 0.260 e. The molecule has 122 valence electrons. The Balaban J connectivity index is 1.62. The minimum atomic E-state index is -0.653. The van der Waals surface area contributed by atoms with E-state index in [2.05, 4.69) is 15.2 Å². The predicted octanol–water partition coefficient (Wildman–Crippen LogP) is 3.02. The first-order valence-corrected chi connectivity index (χ1v) is 8.38. The molecule has 0 bridgehead atoms. The van der Waals surface area contributed by atoms with Gasteiger partial charge in [-0.2, -0.15) is 0 Å². The summed E-state index contributed by atoms with van der Waals surface area (Å²) in [6.45, 7) is 3.91. The highest BCUT2D eigenvalue weighted by Crippen LogP contribution is 2.20. The fourth-order valence-electron chi connectivity index (χ4n) is 2.26. The van der Waals surface area contributed by atoms with E-state index in [1.165, 1.54) is 23.5 Å². The van der Waals surface area contributed by atoms with Crippen molar-refractivity contribution in [3.8, 4) is 0 Å². The average molecular weight is 356 g/mol. The van der Waals surface area contributed by atoms with Crippen LogP contribution >= 0.6 is 22.9 Å². The van der Waals surface area contributed by atoms with E-state index in [0.717, 1.165) is 38.1 Å². The van der Waals surface area contributed by atoms with Crippen molar-refractivity contribution < 1.29 is 13.9 Å². The molecule has 0 radical (unpaired) electrons. The van der Waals surface area contributed by atoms with Gasteiger partial charge in [0.1, 0.15) is 5.82 Å². The fraction of sp³-hybridized carbons (Fsp3) is 0.333. The predicted molar refractivity (Wildman–Crippen MR) is 87.6 cm³/mol. The van der Waals surface area contributed by atoms with Crippen molar-refractivity contribution in [2.45, 2.75) is 6.54 Å². The lowest BCUT2D eigenvalue weighted by molar-refractivity contribution is 0.0337. The zero-order valence-electron chi connectivity index (χ0n) is 12.2. The number of anilines is 1. The van der Waals surface area contributed by atoms with Gasteiger partial charge in [-0.05, 0) is 18.2 Å². The second-order valence-corrected chi connectivity index (χ2v) is 6.41. The number of rotatable bonds is 4. The number of benzene rings is 1. The molecule has 1 N–H and O–H groups in total. The van der Waals surface area contributed by atoms with E-state index in [-0.39, 0.29) is 10.6 Å². The van der Waals surface area contributed by atoms with E-state index < -0.39 is 11.7 Å². The third-order valence-corrected chi connectivity index (χ3v) is 4.48. The van der Waals surface area contributed by atoms with E-state index >= 15 is 0 Å². The Labute approximate surface area is 142 Å². The Morgan fingerprint density at radius 2 is 2.22 bits per heavy atom. The average Bonchev–Trinajstić information content (AvgIpc) is 2.95. The molecule has 1 saturated heterocycles. The minimum absolute atomic E-state index is 0.0562. The summed E-state index contributed by atoms with van der Waals surface area (Å²) in [6, 6.07) is 3.95. The Hall–Kier alpha value is -1.54. The molecule has 0 saturated carbocycles. The first kappa shape index (κ1) is 16.3. The van der Waals surface area contributed by atoms with Crippen molar-refractivity contribution >= 4 is 34.0 Å². The largest absolute Gasteiger partial charge is 0.379 e. The second kappa shape index (κ2) is 7.35. The highest BCUT2D eigenvalue weighted by Gasteiger charge is 2.16. The van der Waals surface area contributed by atoms with Crippen LogP contribution in [0, 0.1) is 5.82 Å². The fourth-order valence-corrected chi connectivity index (χ4v) is 3.12. The molecule has 1 fully saturated rings. The molecule has 0 aliphatic carbocycles. The Morgan fingerprint density at radius 3 is 2.96 bits per heavy atom. The molecule has 1 aromatic carbocycles. The Bertz CT molecular complexity index is 704. The molecule has 2 heterocycles. The number of halogens is 2. The molecule has 8 heteroatoms. The number of nitrogens with zero attached hydrogens (tertiary/aromatic N) is 2. The van der Waals surface area contributed by atoms with Crippen molar-refractivity contribution in [2.24, 2.45) is 0 Å². The molecular weight excluding hydrogens is 341 g/mol. The number of carbonyl (C=O) groups excluding carboxylic acids is 1. The minimum Gasteiger partial charge on any atom is -0.379 e. The lowest BCUT2D eigenvalue weighted by atomic mass is 10.2. The summed E-state index contributed by atoms with van der Waals surface area (Å²) in [5.74, 6) is -1.19. The number of aromatic nitrogens is 1. The van der Waals surface area contributed by atoms with Crippen LogP contribution in [-0.4, -0.2) is 42.1 Å². The smallest absolute Gasteiger partial charge is 0.260 e. The molecule has 23 heavy (non-hydrogen) atoms. The summed E-state index contributed by atoms with van der Waals surface area (Å²) < 4.78 is 19.0. The number of carbonyl (C=O) groups is 1. The summed E-state index contributed by atoms with van der Waals surface area (Å²) in [5, 5.41) is 5.21. The molecule has 5 nitrogen and oxygen atoms in total. The molecule has 1 aliphatic heterocycles. The number of morpholine rings is 1. The standard InChI is InChI=1S/C15H15ClFN3O2S/c16-10-1-2-12(13(17)7-10)14(21)19-15-18-11(9-23-15)8-20-3-5-22-6-4-20/h1-2,7,9H,3-6,8H2,(H,18,19,21). The molecule has 1 amide bonds. The normalized spacial score (nSPS) is 15.6. The van der Waals surface area contributed by atoms with Crippen LogP contribution in [0.4, 0.5) is 9.52 Å². The van der Waals surface area contributed by atoms with Gasteiger partial charge in [0.2, 0.25) is 0 Å². The van der Waals surface area contributed by atoms with Crippen molar-refractivity contribution in [1.29, 1.82) is 0 Å². The third-order valence-electron chi connectivity index (χ3n) is 3.44. The first-order chi connectivity index (χ1) is 11.1. The Kier molecular flexibility index (Phi) is 5.22. The first-order valence-electron chi connectivity index (χ1n) is 7.13. The highest BCUT2D eigenvalue weighted by atomic mass is 35.5. The van der Waals surface area contributed by atoms with Crippen LogP contribution in [0.15, 0.2) is 23.6 Å². The van der Waals surface area contributed by atoms with Crippen molar-refractivity contribution in [2.75, 3.05) is 31.6 Å². The van der Waals surface area contributed by atoms with Crippen LogP contribution in [0.25, 0.3) is 0 Å². The van der Waals surface area contributed by atoms with Gasteiger partial charge in [0.05, 0.1) is 24.5 Å². The lowest BCUT2D eigenvalue weighted by Gasteiger charge is -2.25. The number of ether oxygens (including phenoxy) is 1. The number of nitrogens with one attached hydrogen (secondary N) is 1. The van der Waals surface area contributed by atoms with Crippen LogP contribution in [-0.2, 0) is 11.3 Å². The van der Waals surface area contributed by atoms with Crippen molar-refractivity contribution in [3.05, 3.63) is 45.7 Å². The lowest BCUT2D eigenvalue weighted by Crippen LogP contribution is -2.35. The van der Waals surface area contributed by atoms with Crippen LogP contribution in [0.2, 0.25) is 5.02 Å². The van der Waals surface area contributed by atoms with Gasteiger partial charge in [-0.1, -0.05) is 11.6 Å². The van der Waals surface area contributed by atoms with Crippen molar-refractivity contribution in [1.82, 2.24) is 9.88 Å². The molecule has 1 aliphatic rings. The monoisotopic (exact) mass is 355 g/mol. The molecule has 3 rings (SSSR count). The maximum atomic E-state index is 13.7. The molecule has 0 atom stereocenters. The SMILES string of the molecule is O=C(Nc1nc(CN2CCOCC2)cs1)c1ccc(Cl)cc1F. The van der Waals surface area contributed by atoms with Crippen LogP contribution in [0.1, 0.15) is 16.1 Å². The van der Waals surface area contributed by atoms with Gasteiger partial charge >= 0.3 is 0 Å². The molecule has 1 aromatic heterocycles. The van der Waals surface area contributed by atoms with Gasteiger partial charge in [0.25, 0.3) is 5.91 Å². The van der Waals surface area contributed by atoms with E-state index in [0.29, 0.717) is 11.7 Å². The summed E-state index contributed by atoms with van der Waals surface area (Å²) in [5.41, 5.74) is 0.822. The van der Waals surface area contributed by atoms with Crippen molar-refractivity contribution in [3.63, 3.8) is 0 Å². The summed E-state index contributed by atoms with van der Waals surface area (Å²) in [4.78, 5) is 18.7. The van der Waals surface area contributed by atoms with E-state index in [4.69, 9.17) is 16.3 Å². The van der Waals surface area contributed by atoms with E-state index in [1.807, 2.05) is 5.38 Å². The number of hydrogen-bond acceptors (Lipinski definition) is 5. The maximum absolute atomic E-state index is 13.7. The number of amides is 1. The van der Waals surface area contributed by atoms with Crippen LogP contribution in [0.5, 0.6) is 0 Å². The van der Waals surface area contributed by atoms with E-state index in [1.54, 1.807) is 0 Å². The third kappa shape index (κ3) is 4.26. The quantitative estimate of drug-likeness (QED) is 0.916. The topological polar surface area (TPSA) is 54.5 Å². The Morgan fingerprint density at radius 1 is 1.43 bits per heavy atom. The van der Waals surface area contributed by atoms with Crippen LogP contribution < -0.4 is 5.32 Å². The van der Waals surface area contributed by atoms with Gasteiger partial charge < -0.3 is 4.74 Å². The number of hydrogen-bond donors (Lipinski definition) is 1. The highest BCUT2D eigenvalue weighted by molar-refractivity contribution is 7.13. The van der Waals surface area contributed by atoms with E-state index in [9.17, 15) is 9.18 Å². The molecule has 0 unspecified atom stereocenters. The summed E-state index contributed by atoms with van der Waals surface area (Å²) in [6.07, 6.45) is 0.